The number of hydrogen-bond acceptors (Lipinski definition) is 3. The first kappa shape index (κ1) is 11.5. The van der Waals surface area contributed by atoms with E-state index in [9.17, 15) is 0 Å². The van der Waals surface area contributed by atoms with Gasteiger partial charge in [0.1, 0.15) is 5.75 Å². The van der Waals surface area contributed by atoms with Crippen molar-refractivity contribution < 1.29 is 4.74 Å². The van der Waals surface area contributed by atoms with E-state index in [0.717, 1.165) is 18.8 Å². The van der Waals surface area contributed by atoms with Crippen LogP contribution in [0.5, 0.6) is 11.6 Å². The Kier molecular flexibility index (Phi) is 3.17. The normalized spacial score (nSPS) is 15.2. The predicted octanol–water partition coefficient (Wildman–Crippen LogP) is 3.21. The lowest BCUT2D eigenvalue weighted by atomic mass is 9.95. The Morgan fingerprint density at radius 2 is 1.89 bits per heavy atom. The van der Waals surface area contributed by atoms with Crippen molar-refractivity contribution in [3.63, 3.8) is 0 Å². The number of nitrogens with one attached hydrogen (secondary N) is 1. The van der Waals surface area contributed by atoms with E-state index < -0.39 is 0 Å². The summed E-state index contributed by atoms with van der Waals surface area (Å²) < 4.78 is 5.63. The molecule has 0 unspecified atom stereocenters. The third-order valence-corrected chi connectivity index (χ3v) is 3.30. The fraction of sp³-hybridized carbons (Fsp3) is 0.214. The molecule has 0 bridgehead atoms. The third kappa shape index (κ3) is 2.47. The van der Waals surface area contributed by atoms with E-state index in [-0.39, 0.29) is 0 Å². The van der Waals surface area contributed by atoms with Crippen molar-refractivity contribution in [3.8, 4) is 11.6 Å². The Bertz CT molecular complexity index is 520. The second-order valence-corrected chi connectivity index (χ2v) is 4.78. The van der Waals surface area contributed by atoms with Gasteiger partial charge in [-0.05, 0) is 29.8 Å². The number of hydrogen-bond donors (Lipinski definition) is 1. The molecule has 92 valence electrons. The Labute approximate surface area is 111 Å². The standard InChI is InChI=1S/C14H13ClN2O/c15-12-2-4-13(5-3-12)18-14-6-1-10(9-17-14)11-7-16-8-11/h1-6,9,11,16H,7-8H2. The molecule has 1 N–H and O–H groups in total. The highest BCUT2D eigenvalue weighted by Crippen LogP contribution is 2.24. The van der Waals surface area contributed by atoms with Crippen molar-refractivity contribution in [1.29, 1.82) is 0 Å². The molecule has 1 aromatic carbocycles. The van der Waals surface area contributed by atoms with E-state index in [1.54, 1.807) is 12.1 Å². The molecule has 1 aromatic heterocycles. The van der Waals surface area contributed by atoms with Gasteiger partial charge in [0.05, 0.1) is 0 Å². The highest BCUT2D eigenvalue weighted by molar-refractivity contribution is 6.30. The number of aromatic nitrogens is 1. The highest BCUT2D eigenvalue weighted by atomic mass is 35.5. The Morgan fingerprint density at radius 3 is 2.44 bits per heavy atom. The number of halogens is 1. The van der Waals surface area contributed by atoms with Crippen molar-refractivity contribution in [1.82, 2.24) is 10.3 Å². The van der Waals surface area contributed by atoms with Gasteiger partial charge in [-0.25, -0.2) is 4.98 Å². The molecule has 2 heterocycles. The molecule has 1 aliphatic heterocycles. The molecule has 3 rings (SSSR count). The van der Waals surface area contributed by atoms with Crippen LogP contribution in [0.4, 0.5) is 0 Å². The highest BCUT2D eigenvalue weighted by Gasteiger charge is 2.18. The number of nitrogens with zero attached hydrogens (tertiary/aromatic N) is 1. The first-order valence-corrected chi connectivity index (χ1v) is 6.29. The molecule has 0 aliphatic carbocycles. The third-order valence-electron chi connectivity index (χ3n) is 3.05. The molecule has 0 atom stereocenters. The van der Waals surface area contributed by atoms with Crippen molar-refractivity contribution >= 4 is 11.6 Å². The van der Waals surface area contributed by atoms with Crippen molar-refractivity contribution in [3.05, 3.63) is 53.2 Å². The van der Waals surface area contributed by atoms with E-state index in [1.165, 1.54) is 5.56 Å². The maximum absolute atomic E-state index is 5.82. The number of ether oxygens (including phenoxy) is 1. The number of rotatable bonds is 3. The molecule has 3 nitrogen and oxygen atoms in total. The van der Waals surface area contributed by atoms with Crippen LogP contribution in [0.2, 0.25) is 5.02 Å². The fourth-order valence-corrected chi connectivity index (χ4v) is 1.97. The van der Waals surface area contributed by atoms with Gasteiger partial charge >= 0.3 is 0 Å². The fourth-order valence-electron chi connectivity index (χ4n) is 1.84. The molecule has 1 saturated heterocycles. The monoisotopic (exact) mass is 260 g/mol. The van der Waals surface area contributed by atoms with E-state index in [0.29, 0.717) is 16.8 Å². The van der Waals surface area contributed by atoms with Crippen LogP contribution in [-0.4, -0.2) is 18.1 Å². The molecular formula is C14H13ClN2O. The van der Waals surface area contributed by atoms with Crippen LogP contribution >= 0.6 is 11.6 Å². The summed E-state index contributed by atoms with van der Waals surface area (Å²) in [6.45, 7) is 2.08. The molecule has 4 heteroatoms. The lowest BCUT2D eigenvalue weighted by molar-refractivity contribution is 0.441. The lowest BCUT2D eigenvalue weighted by Crippen LogP contribution is -2.39. The topological polar surface area (TPSA) is 34.1 Å². The van der Waals surface area contributed by atoms with Crippen molar-refractivity contribution in [2.24, 2.45) is 0 Å². The zero-order valence-electron chi connectivity index (χ0n) is 9.77. The molecular weight excluding hydrogens is 248 g/mol. The maximum Gasteiger partial charge on any atom is 0.219 e. The molecule has 2 aromatic rings. The molecule has 18 heavy (non-hydrogen) atoms. The lowest BCUT2D eigenvalue weighted by Gasteiger charge is -2.27. The average molecular weight is 261 g/mol. The van der Waals surface area contributed by atoms with E-state index in [4.69, 9.17) is 16.3 Å². The van der Waals surface area contributed by atoms with Gasteiger partial charge in [-0.2, -0.15) is 0 Å². The smallest absolute Gasteiger partial charge is 0.219 e. The summed E-state index contributed by atoms with van der Waals surface area (Å²) in [7, 11) is 0. The molecule has 0 amide bonds. The summed E-state index contributed by atoms with van der Waals surface area (Å²) in [5.74, 6) is 1.94. The van der Waals surface area contributed by atoms with Gasteiger partial charge in [-0.1, -0.05) is 17.7 Å². The minimum Gasteiger partial charge on any atom is -0.439 e. The second kappa shape index (κ2) is 4.96. The summed E-state index contributed by atoms with van der Waals surface area (Å²) >= 11 is 5.82. The number of pyridine rings is 1. The maximum atomic E-state index is 5.82. The van der Waals surface area contributed by atoms with Gasteiger partial charge in [0.2, 0.25) is 5.88 Å². The van der Waals surface area contributed by atoms with Crippen molar-refractivity contribution in [2.45, 2.75) is 5.92 Å². The quantitative estimate of drug-likeness (QED) is 0.920. The Hall–Kier alpha value is -1.58. The molecule has 1 aliphatic rings. The predicted molar refractivity (Wildman–Crippen MR) is 71.4 cm³/mol. The van der Waals surface area contributed by atoms with Crippen LogP contribution in [0.1, 0.15) is 11.5 Å². The summed E-state index contributed by atoms with van der Waals surface area (Å²) in [6, 6.07) is 11.2. The summed E-state index contributed by atoms with van der Waals surface area (Å²) in [6.07, 6.45) is 1.89. The molecule has 1 fully saturated rings. The van der Waals surface area contributed by atoms with E-state index in [2.05, 4.69) is 16.4 Å². The molecule has 0 saturated carbocycles. The summed E-state index contributed by atoms with van der Waals surface area (Å²) in [5.41, 5.74) is 1.26. The van der Waals surface area contributed by atoms with Crippen LogP contribution < -0.4 is 10.1 Å². The minimum absolute atomic E-state index is 0.599. The van der Waals surface area contributed by atoms with Gasteiger partial charge in [-0.3, -0.25) is 0 Å². The van der Waals surface area contributed by atoms with Crippen LogP contribution in [0.25, 0.3) is 0 Å². The first-order valence-electron chi connectivity index (χ1n) is 5.91. The minimum atomic E-state index is 0.599. The zero-order valence-corrected chi connectivity index (χ0v) is 10.5. The Balaban J connectivity index is 1.70. The van der Waals surface area contributed by atoms with Crippen LogP contribution in [0.15, 0.2) is 42.6 Å². The first-order chi connectivity index (χ1) is 8.81. The van der Waals surface area contributed by atoms with Gasteiger partial charge in [0.15, 0.2) is 0 Å². The van der Waals surface area contributed by atoms with Gasteiger partial charge in [0, 0.05) is 36.3 Å². The molecule has 0 radical (unpaired) electrons. The van der Waals surface area contributed by atoms with Gasteiger partial charge < -0.3 is 10.1 Å². The zero-order chi connectivity index (χ0) is 12.4. The van der Waals surface area contributed by atoms with Crippen LogP contribution in [-0.2, 0) is 0 Å². The summed E-state index contributed by atoms with van der Waals surface area (Å²) in [5, 5.41) is 3.95. The van der Waals surface area contributed by atoms with Gasteiger partial charge in [0.25, 0.3) is 0 Å². The van der Waals surface area contributed by atoms with Crippen LogP contribution in [0.3, 0.4) is 0 Å². The van der Waals surface area contributed by atoms with Crippen molar-refractivity contribution in [2.75, 3.05) is 13.1 Å². The van der Waals surface area contributed by atoms with Crippen LogP contribution in [0, 0.1) is 0 Å². The SMILES string of the molecule is Clc1ccc(Oc2ccc(C3CNC3)cn2)cc1. The second-order valence-electron chi connectivity index (χ2n) is 4.34. The summed E-state index contributed by atoms with van der Waals surface area (Å²) in [4.78, 5) is 4.32. The average Bonchev–Trinajstić information content (AvgIpc) is 2.32. The van der Waals surface area contributed by atoms with Gasteiger partial charge in [-0.15, -0.1) is 0 Å². The number of benzene rings is 1. The molecule has 0 spiro atoms. The largest absolute Gasteiger partial charge is 0.439 e. The van der Waals surface area contributed by atoms with E-state index in [1.807, 2.05) is 24.4 Å². The Morgan fingerprint density at radius 1 is 1.11 bits per heavy atom. The van der Waals surface area contributed by atoms with E-state index >= 15 is 0 Å².